The molecule has 0 saturated heterocycles. The van der Waals surface area contributed by atoms with Crippen molar-refractivity contribution < 1.29 is 0 Å². The number of nitrogens with one attached hydrogen (secondary N) is 1. The maximum atomic E-state index is 5.98. The predicted molar refractivity (Wildman–Crippen MR) is 59.8 cm³/mol. The van der Waals surface area contributed by atoms with E-state index in [0.29, 0.717) is 6.54 Å². The third-order valence-electron chi connectivity index (χ3n) is 1.74. The van der Waals surface area contributed by atoms with Crippen LogP contribution >= 0.6 is 34.5 Å². The molecule has 1 aromatic heterocycles. The van der Waals surface area contributed by atoms with Gasteiger partial charge in [0, 0.05) is 19.1 Å². The van der Waals surface area contributed by atoms with E-state index in [1.807, 2.05) is 13.0 Å². The van der Waals surface area contributed by atoms with Gasteiger partial charge in [-0.2, -0.15) is 0 Å². The normalized spacial score (nSPS) is 13.2. The van der Waals surface area contributed by atoms with Crippen LogP contribution in [0.3, 0.4) is 0 Å². The Morgan fingerprint density at radius 1 is 1.62 bits per heavy atom. The SMILES string of the molecule is CC(NCCN)c1cc(Cl)sc1Cl. The molecule has 0 aliphatic carbocycles. The van der Waals surface area contributed by atoms with Gasteiger partial charge in [-0.15, -0.1) is 11.3 Å². The van der Waals surface area contributed by atoms with Crippen molar-refractivity contribution in [2.24, 2.45) is 5.73 Å². The lowest BCUT2D eigenvalue weighted by Crippen LogP contribution is -2.25. The summed E-state index contributed by atoms with van der Waals surface area (Å²) >= 11 is 13.2. The topological polar surface area (TPSA) is 38.0 Å². The number of hydrogen-bond donors (Lipinski definition) is 2. The molecular weight excluding hydrogens is 227 g/mol. The highest BCUT2D eigenvalue weighted by molar-refractivity contribution is 7.20. The Labute approximate surface area is 92.0 Å². The summed E-state index contributed by atoms with van der Waals surface area (Å²) in [6.07, 6.45) is 0. The smallest absolute Gasteiger partial charge is 0.0991 e. The van der Waals surface area contributed by atoms with E-state index in [1.165, 1.54) is 11.3 Å². The van der Waals surface area contributed by atoms with E-state index >= 15 is 0 Å². The van der Waals surface area contributed by atoms with Gasteiger partial charge in [-0.1, -0.05) is 23.2 Å². The second-order valence-electron chi connectivity index (χ2n) is 2.74. The standard InChI is InChI=1S/C8H12Cl2N2S/c1-5(12-3-2-11)6-4-7(9)13-8(6)10/h4-5,12H,2-3,11H2,1H3. The molecule has 2 nitrogen and oxygen atoms in total. The first-order valence-corrected chi connectivity index (χ1v) is 5.60. The van der Waals surface area contributed by atoms with E-state index < -0.39 is 0 Å². The minimum atomic E-state index is 0.208. The Hall–Kier alpha value is 0.200. The monoisotopic (exact) mass is 238 g/mol. The average Bonchev–Trinajstić information content (AvgIpc) is 2.41. The molecule has 1 heterocycles. The van der Waals surface area contributed by atoms with E-state index in [2.05, 4.69) is 5.32 Å². The highest BCUT2D eigenvalue weighted by Crippen LogP contribution is 2.34. The second-order valence-corrected chi connectivity index (χ2v) is 5.03. The first kappa shape index (κ1) is 11.3. The summed E-state index contributed by atoms with van der Waals surface area (Å²) in [4.78, 5) is 0. The molecule has 1 unspecified atom stereocenters. The highest BCUT2D eigenvalue weighted by atomic mass is 35.5. The largest absolute Gasteiger partial charge is 0.329 e. The molecule has 74 valence electrons. The minimum absolute atomic E-state index is 0.208. The van der Waals surface area contributed by atoms with Crippen LogP contribution in [0.2, 0.25) is 8.67 Å². The van der Waals surface area contributed by atoms with Gasteiger partial charge < -0.3 is 11.1 Å². The van der Waals surface area contributed by atoms with Crippen molar-refractivity contribution in [1.29, 1.82) is 0 Å². The van der Waals surface area contributed by atoms with E-state index in [-0.39, 0.29) is 6.04 Å². The Kier molecular flexibility index (Phi) is 4.49. The van der Waals surface area contributed by atoms with Crippen LogP contribution < -0.4 is 11.1 Å². The quantitative estimate of drug-likeness (QED) is 0.847. The van der Waals surface area contributed by atoms with Gasteiger partial charge in [-0.3, -0.25) is 0 Å². The lowest BCUT2D eigenvalue weighted by Gasteiger charge is -2.11. The van der Waals surface area contributed by atoms with Gasteiger partial charge in [0.05, 0.1) is 8.67 Å². The van der Waals surface area contributed by atoms with Gasteiger partial charge in [0.25, 0.3) is 0 Å². The lowest BCUT2D eigenvalue weighted by molar-refractivity contribution is 0.584. The van der Waals surface area contributed by atoms with E-state index in [0.717, 1.165) is 20.8 Å². The summed E-state index contributed by atoms with van der Waals surface area (Å²) in [5, 5.41) is 3.24. The van der Waals surface area contributed by atoms with Crippen molar-refractivity contribution >= 4 is 34.5 Å². The first-order valence-electron chi connectivity index (χ1n) is 4.03. The number of hydrogen-bond acceptors (Lipinski definition) is 3. The van der Waals surface area contributed by atoms with E-state index in [4.69, 9.17) is 28.9 Å². The zero-order valence-electron chi connectivity index (χ0n) is 7.31. The molecule has 5 heteroatoms. The maximum Gasteiger partial charge on any atom is 0.0991 e. The highest BCUT2D eigenvalue weighted by Gasteiger charge is 2.11. The molecule has 1 atom stereocenters. The van der Waals surface area contributed by atoms with Crippen LogP contribution in [0.4, 0.5) is 0 Å². The van der Waals surface area contributed by atoms with Crippen LogP contribution in [0, 0.1) is 0 Å². The second kappa shape index (κ2) is 5.17. The van der Waals surface area contributed by atoms with Crippen LogP contribution in [-0.2, 0) is 0 Å². The molecule has 0 amide bonds. The zero-order valence-corrected chi connectivity index (χ0v) is 9.64. The third kappa shape index (κ3) is 3.11. The average molecular weight is 239 g/mol. The molecule has 0 radical (unpaired) electrons. The molecule has 1 rings (SSSR count). The molecule has 0 saturated carbocycles. The van der Waals surface area contributed by atoms with Crippen LogP contribution in [0.15, 0.2) is 6.07 Å². The third-order valence-corrected chi connectivity index (χ3v) is 3.26. The molecule has 0 bridgehead atoms. The van der Waals surface area contributed by atoms with Gasteiger partial charge in [0.2, 0.25) is 0 Å². The number of thiophene rings is 1. The van der Waals surface area contributed by atoms with Crippen molar-refractivity contribution in [2.45, 2.75) is 13.0 Å². The molecule has 13 heavy (non-hydrogen) atoms. The van der Waals surface area contributed by atoms with E-state index in [9.17, 15) is 0 Å². The molecule has 0 aromatic carbocycles. The lowest BCUT2D eigenvalue weighted by atomic mass is 10.2. The molecule has 0 spiro atoms. The Bertz CT molecular complexity index is 275. The summed E-state index contributed by atoms with van der Waals surface area (Å²) in [5.41, 5.74) is 6.43. The zero-order chi connectivity index (χ0) is 9.84. The molecule has 0 aliphatic rings. The van der Waals surface area contributed by atoms with Gasteiger partial charge in [-0.05, 0) is 18.6 Å². The molecule has 0 fully saturated rings. The Morgan fingerprint density at radius 3 is 2.77 bits per heavy atom. The first-order chi connectivity index (χ1) is 6.15. The van der Waals surface area contributed by atoms with Crippen molar-refractivity contribution in [3.05, 3.63) is 20.3 Å². The van der Waals surface area contributed by atoms with Crippen LogP contribution in [0.1, 0.15) is 18.5 Å². The molecular formula is C8H12Cl2N2S. The van der Waals surface area contributed by atoms with Gasteiger partial charge in [0.15, 0.2) is 0 Å². The van der Waals surface area contributed by atoms with Crippen molar-refractivity contribution in [1.82, 2.24) is 5.32 Å². The van der Waals surface area contributed by atoms with Crippen molar-refractivity contribution in [3.8, 4) is 0 Å². The van der Waals surface area contributed by atoms with E-state index in [1.54, 1.807) is 0 Å². The fourth-order valence-corrected chi connectivity index (χ4v) is 2.70. The number of nitrogens with two attached hydrogens (primary N) is 1. The number of rotatable bonds is 4. The van der Waals surface area contributed by atoms with Crippen LogP contribution in [0.5, 0.6) is 0 Å². The Balaban J connectivity index is 2.64. The summed E-state index contributed by atoms with van der Waals surface area (Å²) in [6, 6.07) is 2.10. The fourth-order valence-electron chi connectivity index (χ4n) is 1.06. The van der Waals surface area contributed by atoms with Gasteiger partial charge >= 0.3 is 0 Å². The predicted octanol–water partition coefficient (Wildman–Crippen LogP) is 2.66. The van der Waals surface area contributed by atoms with Gasteiger partial charge in [0.1, 0.15) is 0 Å². The summed E-state index contributed by atoms with van der Waals surface area (Å²) in [5.74, 6) is 0. The van der Waals surface area contributed by atoms with Gasteiger partial charge in [-0.25, -0.2) is 0 Å². The number of halogens is 2. The molecule has 0 aliphatic heterocycles. The fraction of sp³-hybridized carbons (Fsp3) is 0.500. The Morgan fingerprint density at radius 2 is 2.31 bits per heavy atom. The summed E-state index contributed by atoms with van der Waals surface area (Å²) < 4.78 is 1.48. The van der Waals surface area contributed by atoms with Crippen LogP contribution in [-0.4, -0.2) is 13.1 Å². The molecule has 3 N–H and O–H groups in total. The summed E-state index contributed by atoms with van der Waals surface area (Å²) in [7, 11) is 0. The molecule has 1 aromatic rings. The van der Waals surface area contributed by atoms with Crippen LogP contribution in [0.25, 0.3) is 0 Å². The minimum Gasteiger partial charge on any atom is -0.329 e. The maximum absolute atomic E-state index is 5.98. The summed E-state index contributed by atoms with van der Waals surface area (Å²) in [6.45, 7) is 3.45. The van der Waals surface area contributed by atoms with Crippen molar-refractivity contribution in [3.63, 3.8) is 0 Å². The van der Waals surface area contributed by atoms with Crippen molar-refractivity contribution in [2.75, 3.05) is 13.1 Å².